The smallest absolute Gasteiger partial charge is 0.232 e. The van der Waals surface area contributed by atoms with E-state index in [1.165, 1.54) is 0 Å². The first-order valence-corrected chi connectivity index (χ1v) is 3.22. The Bertz CT molecular complexity index is 243. The van der Waals surface area contributed by atoms with E-state index < -0.39 is 12.0 Å². The number of alkyl halides is 3. The van der Waals surface area contributed by atoms with E-state index in [0.717, 1.165) is 12.4 Å². The van der Waals surface area contributed by atoms with Crippen molar-refractivity contribution < 1.29 is 13.2 Å². The lowest BCUT2D eigenvalue weighted by Gasteiger charge is -2.02. The van der Waals surface area contributed by atoms with Crippen LogP contribution in [0.4, 0.5) is 13.2 Å². The van der Waals surface area contributed by atoms with Crippen molar-refractivity contribution in [1.29, 1.82) is 0 Å². The maximum Gasteiger partial charge on any atom is 0.451 e. The number of nitrogens with zero attached hydrogens (tertiary/aromatic N) is 2. The van der Waals surface area contributed by atoms with Crippen LogP contribution in [-0.4, -0.2) is 9.97 Å². The fourth-order valence-corrected chi connectivity index (χ4v) is 0.633. The molecule has 0 fully saturated rings. The van der Waals surface area contributed by atoms with Crippen LogP contribution in [-0.2, 0) is 6.18 Å². The molecule has 1 rings (SSSR count). The molecule has 2 nitrogen and oxygen atoms in total. The highest BCUT2D eigenvalue weighted by atomic mass is 31.0. The topological polar surface area (TPSA) is 25.8 Å². The van der Waals surface area contributed by atoms with Crippen molar-refractivity contribution in [2.75, 3.05) is 0 Å². The van der Waals surface area contributed by atoms with Gasteiger partial charge in [-0.25, -0.2) is 9.97 Å². The lowest BCUT2D eigenvalue weighted by Crippen LogP contribution is -2.12. The minimum Gasteiger partial charge on any atom is -0.232 e. The summed E-state index contributed by atoms with van der Waals surface area (Å²) in [5.74, 6) is -1.11. The molecule has 0 aromatic carbocycles. The SMILES string of the molecule is FC(F)(F)c1ncc(P)cn1. The van der Waals surface area contributed by atoms with Crippen LogP contribution in [0.25, 0.3) is 0 Å². The zero-order chi connectivity index (χ0) is 8.48. The first-order chi connectivity index (χ1) is 5.00. The molecule has 6 heteroatoms. The van der Waals surface area contributed by atoms with Crippen LogP contribution in [0.5, 0.6) is 0 Å². The van der Waals surface area contributed by atoms with Gasteiger partial charge in [0, 0.05) is 17.7 Å². The van der Waals surface area contributed by atoms with Crippen molar-refractivity contribution in [2.24, 2.45) is 0 Å². The zero-order valence-electron chi connectivity index (χ0n) is 5.26. The van der Waals surface area contributed by atoms with Crippen molar-refractivity contribution in [1.82, 2.24) is 9.97 Å². The maximum absolute atomic E-state index is 11.8. The van der Waals surface area contributed by atoms with E-state index in [4.69, 9.17) is 0 Å². The van der Waals surface area contributed by atoms with Crippen molar-refractivity contribution in [3.63, 3.8) is 0 Å². The Labute approximate surface area is 63.1 Å². The summed E-state index contributed by atoms with van der Waals surface area (Å²) in [6.45, 7) is 0. The summed E-state index contributed by atoms with van der Waals surface area (Å²) in [7, 11) is 2.20. The largest absolute Gasteiger partial charge is 0.451 e. The molecule has 0 saturated carbocycles. The number of hydrogen-bond donors (Lipinski definition) is 0. The lowest BCUT2D eigenvalue weighted by molar-refractivity contribution is -0.144. The Morgan fingerprint density at radius 1 is 1.18 bits per heavy atom. The van der Waals surface area contributed by atoms with Crippen molar-refractivity contribution >= 4 is 14.5 Å². The highest BCUT2D eigenvalue weighted by Crippen LogP contribution is 2.24. The van der Waals surface area contributed by atoms with Gasteiger partial charge < -0.3 is 0 Å². The van der Waals surface area contributed by atoms with Gasteiger partial charge in [0.1, 0.15) is 0 Å². The molecule has 1 heterocycles. The average Bonchev–Trinajstić information content (AvgIpc) is 1.86. The van der Waals surface area contributed by atoms with E-state index in [0.29, 0.717) is 5.30 Å². The third kappa shape index (κ3) is 2.12. The van der Waals surface area contributed by atoms with Crippen LogP contribution in [0.15, 0.2) is 12.4 Å². The molecule has 1 aromatic heterocycles. The maximum atomic E-state index is 11.8. The van der Waals surface area contributed by atoms with Crippen LogP contribution in [0, 0.1) is 0 Å². The second-order valence-electron chi connectivity index (χ2n) is 1.84. The van der Waals surface area contributed by atoms with E-state index in [-0.39, 0.29) is 0 Å². The predicted octanol–water partition coefficient (Wildman–Crippen LogP) is 0.996. The summed E-state index contributed by atoms with van der Waals surface area (Å²) in [5, 5.41) is 0.526. The van der Waals surface area contributed by atoms with E-state index in [1.807, 2.05) is 0 Å². The second-order valence-corrected chi connectivity index (χ2v) is 2.50. The van der Waals surface area contributed by atoms with E-state index in [1.54, 1.807) is 0 Å². The molecular formula is C5H4F3N2P. The summed E-state index contributed by atoms with van der Waals surface area (Å²) < 4.78 is 35.4. The van der Waals surface area contributed by atoms with Gasteiger partial charge in [-0.05, 0) is 0 Å². The second kappa shape index (κ2) is 2.74. The summed E-state index contributed by atoms with van der Waals surface area (Å²) in [6.07, 6.45) is -2.25. The highest BCUT2D eigenvalue weighted by molar-refractivity contribution is 7.27. The van der Waals surface area contributed by atoms with Gasteiger partial charge in [-0.1, -0.05) is 0 Å². The van der Waals surface area contributed by atoms with Gasteiger partial charge >= 0.3 is 6.18 Å². The molecule has 0 aliphatic heterocycles. The van der Waals surface area contributed by atoms with Gasteiger partial charge in [0.2, 0.25) is 5.82 Å². The van der Waals surface area contributed by atoms with Crippen LogP contribution in [0.1, 0.15) is 5.82 Å². The normalized spacial score (nSPS) is 11.6. The van der Waals surface area contributed by atoms with Crippen LogP contribution < -0.4 is 5.30 Å². The molecule has 0 amide bonds. The van der Waals surface area contributed by atoms with Gasteiger partial charge in [0.25, 0.3) is 0 Å². The molecule has 0 aliphatic rings. The Hall–Kier alpha value is -0.700. The van der Waals surface area contributed by atoms with Gasteiger partial charge in [0.05, 0.1) is 0 Å². The van der Waals surface area contributed by atoms with E-state index in [2.05, 4.69) is 19.2 Å². The monoisotopic (exact) mass is 180 g/mol. The molecule has 1 atom stereocenters. The van der Waals surface area contributed by atoms with Crippen LogP contribution >= 0.6 is 9.24 Å². The Morgan fingerprint density at radius 2 is 1.64 bits per heavy atom. The third-order valence-corrected chi connectivity index (χ3v) is 1.22. The molecule has 1 unspecified atom stereocenters. The summed E-state index contributed by atoms with van der Waals surface area (Å²) in [5.41, 5.74) is 0. The van der Waals surface area contributed by atoms with E-state index >= 15 is 0 Å². The molecule has 0 aliphatic carbocycles. The Kier molecular flexibility index (Phi) is 2.09. The summed E-state index contributed by atoms with van der Waals surface area (Å²) >= 11 is 0. The number of halogens is 3. The fourth-order valence-electron chi connectivity index (χ4n) is 0.484. The van der Waals surface area contributed by atoms with Crippen molar-refractivity contribution in [2.45, 2.75) is 6.18 Å². The highest BCUT2D eigenvalue weighted by Gasteiger charge is 2.33. The standard InChI is InChI=1S/C5H4F3N2P/c6-5(7,8)4-9-1-3(11)2-10-4/h1-2H,11H2. The quantitative estimate of drug-likeness (QED) is 0.556. The number of aromatic nitrogens is 2. The van der Waals surface area contributed by atoms with Crippen LogP contribution in [0.3, 0.4) is 0 Å². The molecule has 0 spiro atoms. The van der Waals surface area contributed by atoms with Gasteiger partial charge in [0.15, 0.2) is 0 Å². The molecule has 0 saturated heterocycles. The van der Waals surface area contributed by atoms with Crippen molar-refractivity contribution in [3.8, 4) is 0 Å². The molecule has 0 bridgehead atoms. The molecule has 11 heavy (non-hydrogen) atoms. The van der Waals surface area contributed by atoms with Crippen molar-refractivity contribution in [3.05, 3.63) is 18.2 Å². The van der Waals surface area contributed by atoms with Gasteiger partial charge in [-0.15, -0.1) is 9.24 Å². The summed E-state index contributed by atoms with van der Waals surface area (Å²) in [6, 6.07) is 0. The van der Waals surface area contributed by atoms with Crippen LogP contribution in [0.2, 0.25) is 0 Å². The Balaban J connectivity index is 2.99. The number of hydrogen-bond acceptors (Lipinski definition) is 2. The fraction of sp³-hybridized carbons (Fsp3) is 0.200. The number of rotatable bonds is 0. The molecule has 1 aromatic rings. The molecule has 0 N–H and O–H groups in total. The lowest BCUT2D eigenvalue weighted by atomic mass is 10.5. The summed E-state index contributed by atoms with van der Waals surface area (Å²) in [4.78, 5) is 6.19. The van der Waals surface area contributed by atoms with Gasteiger partial charge in [-0.2, -0.15) is 13.2 Å². The third-order valence-electron chi connectivity index (χ3n) is 0.925. The first-order valence-electron chi connectivity index (χ1n) is 2.65. The molecule has 60 valence electrons. The minimum atomic E-state index is -4.45. The van der Waals surface area contributed by atoms with E-state index in [9.17, 15) is 13.2 Å². The zero-order valence-corrected chi connectivity index (χ0v) is 6.42. The molecular weight excluding hydrogens is 176 g/mol. The minimum absolute atomic E-state index is 0.526. The average molecular weight is 180 g/mol. The molecule has 0 radical (unpaired) electrons. The van der Waals surface area contributed by atoms with Gasteiger partial charge in [-0.3, -0.25) is 0 Å². The first kappa shape index (κ1) is 8.40. The predicted molar refractivity (Wildman–Crippen MR) is 36.4 cm³/mol. The Morgan fingerprint density at radius 3 is 2.00 bits per heavy atom.